The lowest BCUT2D eigenvalue weighted by Gasteiger charge is -2.02. The molecule has 100 valence electrons. The van der Waals surface area contributed by atoms with Crippen molar-refractivity contribution >= 4 is 16.6 Å². The molecule has 0 saturated heterocycles. The molecule has 0 radical (unpaired) electrons. The van der Waals surface area contributed by atoms with Crippen LogP contribution in [-0.2, 0) is 6.42 Å². The zero-order valence-electron chi connectivity index (χ0n) is 11.9. The molecular weight excluding hydrogens is 232 g/mol. The topological polar surface area (TPSA) is 18.8 Å². The van der Waals surface area contributed by atoms with Gasteiger partial charge in [0.05, 0.1) is 6.42 Å². The van der Waals surface area contributed by atoms with E-state index in [0.717, 1.165) is 19.4 Å². The van der Waals surface area contributed by atoms with E-state index in [0.29, 0.717) is 0 Å². The van der Waals surface area contributed by atoms with Crippen molar-refractivity contribution in [3.8, 4) is 0 Å². The largest absolute Gasteiger partial charge is 0.361 e. The van der Waals surface area contributed by atoms with Gasteiger partial charge in [0.15, 0.2) is 5.71 Å². The monoisotopic (exact) mass is 255 g/mol. The van der Waals surface area contributed by atoms with Gasteiger partial charge in [0.25, 0.3) is 0 Å². The van der Waals surface area contributed by atoms with Gasteiger partial charge in [-0.3, -0.25) is 0 Å². The standard InChI is InChI=1S/C17H23N2/c1-4-5-8-11-19(3)14(2)12-15-13-18-17-10-7-6-9-16(15)17/h4,6-7,9-10,13,18H,1,5,8,11-12H2,2-3H3/q+1. The number of allylic oxidation sites excluding steroid dienone is 1. The van der Waals surface area contributed by atoms with Crippen LogP contribution in [0.25, 0.3) is 10.9 Å². The van der Waals surface area contributed by atoms with Gasteiger partial charge >= 0.3 is 0 Å². The minimum Gasteiger partial charge on any atom is -0.361 e. The third-order valence-corrected chi connectivity index (χ3v) is 3.67. The zero-order valence-corrected chi connectivity index (χ0v) is 11.9. The van der Waals surface area contributed by atoms with Crippen LogP contribution in [0.3, 0.4) is 0 Å². The molecule has 0 bridgehead atoms. The summed E-state index contributed by atoms with van der Waals surface area (Å²) in [5.41, 5.74) is 4.01. The summed E-state index contributed by atoms with van der Waals surface area (Å²) in [6.45, 7) is 7.08. The summed E-state index contributed by atoms with van der Waals surface area (Å²) >= 11 is 0. The quantitative estimate of drug-likeness (QED) is 0.350. The van der Waals surface area contributed by atoms with E-state index in [1.165, 1.54) is 28.6 Å². The van der Waals surface area contributed by atoms with Gasteiger partial charge in [0, 0.05) is 30.4 Å². The smallest absolute Gasteiger partial charge is 0.153 e. The number of benzene rings is 1. The number of hydrogen-bond acceptors (Lipinski definition) is 0. The molecule has 0 atom stereocenters. The molecule has 19 heavy (non-hydrogen) atoms. The van der Waals surface area contributed by atoms with Crippen LogP contribution in [-0.4, -0.2) is 28.9 Å². The van der Waals surface area contributed by atoms with Crippen molar-refractivity contribution in [3.05, 3.63) is 48.7 Å². The Morgan fingerprint density at radius 1 is 1.37 bits per heavy atom. The summed E-state index contributed by atoms with van der Waals surface area (Å²) in [4.78, 5) is 3.34. The first-order valence-electron chi connectivity index (χ1n) is 6.92. The Morgan fingerprint density at radius 2 is 2.16 bits per heavy atom. The van der Waals surface area contributed by atoms with Crippen molar-refractivity contribution in [1.82, 2.24) is 4.98 Å². The molecule has 1 N–H and O–H groups in total. The molecule has 0 unspecified atom stereocenters. The average molecular weight is 255 g/mol. The van der Waals surface area contributed by atoms with Gasteiger partial charge in [-0.05, 0) is 18.1 Å². The van der Waals surface area contributed by atoms with Crippen LogP contribution in [0.2, 0.25) is 0 Å². The number of para-hydroxylation sites is 1. The lowest BCUT2D eigenvalue weighted by atomic mass is 10.1. The van der Waals surface area contributed by atoms with Gasteiger partial charge in [-0.2, -0.15) is 0 Å². The zero-order chi connectivity index (χ0) is 13.7. The number of rotatable bonds is 6. The molecular formula is C17H23N2+. The highest BCUT2D eigenvalue weighted by Crippen LogP contribution is 2.18. The molecule has 0 aliphatic carbocycles. The SMILES string of the molecule is C=CCCC[N+](C)=C(C)Cc1c[nH]c2ccccc12. The van der Waals surface area contributed by atoms with Crippen LogP contribution in [0.4, 0.5) is 0 Å². The fourth-order valence-electron chi connectivity index (χ4n) is 2.35. The number of fused-ring (bicyclic) bond motifs is 1. The maximum absolute atomic E-state index is 3.77. The fourth-order valence-corrected chi connectivity index (χ4v) is 2.35. The van der Waals surface area contributed by atoms with E-state index in [-0.39, 0.29) is 0 Å². The molecule has 2 rings (SSSR count). The highest BCUT2D eigenvalue weighted by atomic mass is 15.0. The van der Waals surface area contributed by atoms with Crippen molar-refractivity contribution in [3.63, 3.8) is 0 Å². The Bertz CT molecular complexity index is 590. The first-order valence-corrected chi connectivity index (χ1v) is 6.92. The number of nitrogens with zero attached hydrogens (tertiary/aromatic N) is 1. The minimum atomic E-state index is 1.01. The fraction of sp³-hybridized carbons (Fsp3) is 0.353. The maximum atomic E-state index is 3.77. The molecule has 2 aromatic rings. The minimum absolute atomic E-state index is 1.01. The normalized spacial score (nSPS) is 12.5. The number of H-pyrrole nitrogens is 1. The Labute approximate surface area is 115 Å². The molecule has 1 aromatic heterocycles. The Kier molecular flexibility index (Phi) is 4.56. The Hall–Kier alpha value is -1.83. The Morgan fingerprint density at radius 3 is 2.95 bits per heavy atom. The van der Waals surface area contributed by atoms with Gasteiger partial charge in [0.2, 0.25) is 0 Å². The van der Waals surface area contributed by atoms with E-state index in [2.05, 4.69) is 60.6 Å². The molecule has 0 aliphatic rings. The second kappa shape index (κ2) is 6.37. The van der Waals surface area contributed by atoms with Crippen LogP contribution in [0.15, 0.2) is 43.1 Å². The van der Waals surface area contributed by atoms with E-state index in [4.69, 9.17) is 0 Å². The second-order valence-electron chi connectivity index (χ2n) is 5.12. The molecule has 0 fully saturated rings. The average Bonchev–Trinajstić information content (AvgIpc) is 2.82. The van der Waals surface area contributed by atoms with Crippen molar-refractivity contribution in [1.29, 1.82) is 0 Å². The predicted octanol–water partition coefficient (Wildman–Crippen LogP) is 3.78. The van der Waals surface area contributed by atoms with Crippen molar-refractivity contribution < 1.29 is 4.58 Å². The van der Waals surface area contributed by atoms with E-state index < -0.39 is 0 Å². The van der Waals surface area contributed by atoms with E-state index >= 15 is 0 Å². The summed E-state index contributed by atoms with van der Waals surface area (Å²) < 4.78 is 2.35. The van der Waals surface area contributed by atoms with Crippen LogP contribution in [0.1, 0.15) is 25.3 Å². The third kappa shape index (κ3) is 3.34. The number of aromatic nitrogens is 1. The lowest BCUT2D eigenvalue weighted by Crippen LogP contribution is -2.17. The molecule has 2 heteroatoms. The number of hydrogen-bond donors (Lipinski definition) is 1. The summed E-state index contributed by atoms with van der Waals surface area (Å²) in [5, 5.41) is 1.33. The van der Waals surface area contributed by atoms with Crippen LogP contribution in [0, 0.1) is 0 Å². The van der Waals surface area contributed by atoms with Crippen LogP contribution < -0.4 is 0 Å². The Balaban J connectivity index is 2.11. The van der Waals surface area contributed by atoms with Gasteiger partial charge in [-0.25, -0.2) is 4.58 Å². The van der Waals surface area contributed by atoms with Gasteiger partial charge < -0.3 is 4.98 Å². The van der Waals surface area contributed by atoms with Gasteiger partial charge in [-0.1, -0.05) is 24.3 Å². The number of nitrogens with one attached hydrogen (secondary N) is 1. The molecule has 1 heterocycles. The molecule has 0 aliphatic heterocycles. The summed E-state index contributed by atoms with van der Waals surface area (Å²) in [7, 11) is 2.17. The first-order chi connectivity index (χ1) is 9.22. The van der Waals surface area contributed by atoms with E-state index in [9.17, 15) is 0 Å². The van der Waals surface area contributed by atoms with Crippen molar-refractivity contribution in [2.24, 2.45) is 0 Å². The van der Waals surface area contributed by atoms with E-state index in [1.807, 2.05) is 6.08 Å². The van der Waals surface area contributed by atoms with Crippen LogP contribution >= 0.6 is 0 Å². The molecule has 0 amide bonds. The second-order valence-corrected chi connectivity index (χ2v) is 5.12. The van der Waals surface area contributed by atoms with Crippen molar-refractivity contribution in [2.45, 2.75) is 26.2 Å². The third-order valence-electron chi connectivity index (χ3n) is 3.67. The maximum Gasteiger partial charge on any atom is 0.153 e. The summed E-state index contributed by atoms with van der Waals surface area (Å²) in [5.74, 6) is 0. The number of aromatic amines is 1. The van der Waals surface area contributed by atoms with Gasteiger partial charge in [-0.15, -0.1) is 6.58 Å². The van der Waals surface area contributed by atoms with Crippen LogP contribution in [0.5, 0.6) is 0 Å². The van der Waals surface area contributed by atoms with E-state index in [1.54, 1.807) is 0 Å². The predicted molar refractivity (Wildman–Crippen MR) is 83.2 cm³/mol. The summed E-state index contributed by atoms with van der Waals surface area (Å²) in [6.07, 6.45) is 7.39. The van der Waals surface area contributed by atoms with Gasteiger partial charge in [0.1, 0.15) is 13.6 Å². The molecule has 1 aromatic carbocycles. The van der Waals surface area contributed by atoms with Crippen molar-refractivity contribution in [2.75, 3.05) is 13.6 Å². The summed E-state index contributed by atoms with van der Waals surface area (Å²) in [6, 6.07) is 8.48. The number of unbranched alkanes of at least 4 members (excludes halogenated alkanes) is 1. The molecule has 0 saturated carbocycles. The molecule has 2 nitrogen and oxygen atoms in total. The molecule has 0 spiro atoms. The highest BCUT2D eigenvalue weighted by molar-refractivity contribution is 5.89. The first kappa shape index (κ1) is 13.6. The highest BCUT2D eigenvalue weighted by Gasteiger charge is 2.09. The lowest BCUT2D eigenvalue weighted by molar-refractivity contribution is -0.499.